The van der Waals surface area contributed by atoms with E-state index in [1.54, 1.807) is 0 Å². The van der Waals surface area contributed by atoms with Crippen LogP contribution in [0.4, 0.5) is 10.1 Å². The summed E-state index contributed by atoms with van der Waals surface area (Å²) in [6, 6.07) is 2.99. The van der Waals surface area contributed by atoms with Gasteiger partial charge in [0.25, 0.3) is 0 Å². The zero-order chi connectivity index (χ0) is 11.5. The Morgan fingerprint density at radius 2 is 1.62 bits per heavy atom. The van der Waals surface area contributed by atoms with Crippen LogP contribution in [-0.4, -0.2) is 6.04 Å². The maximum absolute atomic E-state index is 13.0. The van der Waals surface area contributed by atoms with Crippen molar-refractivity contribution in [2.24, 2.45) is 0 Å². The van der Waals surface area contributed by atoms with Crippen LogP contribution in [0, 0.1) is 5.82 Å². The zero-order valence-electron chi connectivity index (χ0n) is 8.90. The highest BCUT2D eigenvalue weighted by Crippen LogP contribution is 2.33. The summed E-state index contributed by atoms with van der Waals surface area (Å²) in [5.41, 5.74) is 0.664. The highest BCUT2D eigenvalue weighted by molar-refractivity contribution is 6.39. The third-order valence-electron chi connectivity index (χ3n) is 2.96. The van der Waals surface area contributed by atoms with Crippen molar-refractivity contribution in [1.29, 1.82) is 0 Å². The predicted octanol–water partition coefficient (Wildman–Crippen LogP) is 4.88. The number of benzene rings is 1. The smallest absolute Gasteiger partial charge is 0.126 e. The van der Waals surface area contributed by atoms with Gasteiger partial charge in [0, 0.05) is 6.04 Å². The lowest BCUT2D eigenvalue weighted by Gasteiger charge is -2.24. The van der Waals surface area contributed by atoms with E-state index in [0.29, 0.717) is 21.8 Å². The molecule has 0 saturated heterocycles. The van der Waals surface area contributed by atoms with E-state index in [0.717, 1.165) is 12.8 Å². The molecular formula is C12H14Cl2FN. The molecule has 0 radical (unpaired) electrons. The third-order valence-corrected chi connectivity index (χ3v) is 3.56. The van der Waals surface area contributed by atoms with E-state index in [1.165, 1.54) is 31.4 Å². The molecule has 4 heteroatoms. The minimum atomic E-state index is -0.399. The molecule has 0 unspecified atom stereocenters. The molecule has 88 valence electrons. The minimum Gasteiger partial charge on any atom is -0.380 e. The van der Waals surface area contributed by atoms with Crippen LogP contribution in [0.3, 0.4) is 0 Å². The Bertz CT molecular complexity index is 352. The van der Waals surface area contributed by atoms with Crippen LogP contribution in [-0.2, 0) is 0 Å². The first-order valence-corrected chi connectivity index (χ1v) is 6.33. The number of anilines is 1. The zero-order valence-corrected chi connectivity index (χ0v) is 10.4. The summed E-state index contributed by atoms with van der Waals surface area (Å²) in [6.45, 7) is 0. The van der Waals surface area contributed by atoms with E-state index < -0.39 is 5.82 Å². The van der Waals surface area contributed by atoms with Crippen LogP contribution in [0.2, 0.25) is 10.0 Å². The Labute approximate surface area is 105 Å². The lowest BCUT2D eigenvalue weighted by Crippen LogP contribution is -2.22. The van der Waals surface area contributed by atoms with Crippen molar-refractivity contribution in [3.63, 3.8) is 0 Å². The fraction of sp³-hybridized carbons (Fsp3) is 0.500. The van der Waals surface area contributed by atoms with E-state index in [1.807, 2.05) is 0 Å². The molecule has 0 spiro atoms. The molecule has 0 aromatic heterocycles. The van der Waals surface area contributed by atoms with Gasteiger partial charge in [0.1, 0.15) is 5.82 Å². The van der Waals surface area contributed by atoms with E-state index in [9.17, 15) is 4.39 Å². The van der Waals surface area contributed by atoms with Crippen LogP contribution >= 0.6 is 23.2 Å². The molecule has 1 aliphatic rings. The maximum Gasteiger partial charge on any atom is 0.126 e. The molecule has 0 heterocycles. The molecule has 1 saturated carbocycles. The second-order valence-corrected chi connectivity index (χ2v) is 5.04. The fourth-order valence-electron chi connectivity index (χ4n) is 2.13. The van der Waals surface area contributed by atoms with Crippen LogP contribution in [0.15, 0.2) is 12.1 Å². The molecule has 16 heavy (non-hydrogen) atoms. The Kier molecular flexibility index (Phi) is 3.93. The van der Waals surface area contributed by atoms with Gasteiger partial charge in [-0.05, 0) is 25.0 Å². The SMILES string of the molecule is Fc1cc(Cl)c(NC2CCCCC2)c(Cl)c1. The van der Waals surface area contributed by atoms with Crippen LogP contribution in [0.25, 0.3) is 0 Å². The summed E-state index contributed by atoms with van der Waals surface area (Å²) in [5.74, 6) is -0.399. The molecule has 1 aromatic rings. The normalized spacial score (nSPS) is 17.4. The molecule has 0 bridgehead atoms. The summed E-state index contributed by atoms with van der Waals surface area (Å²) in [7, 11) is 0. The summed E-state index contributed by atoms with van der Waals surface area (Å²) in [5, 5.41) is 4.03. The van der Waals surface area contributed by atoms with Gasteiger partial charge in [0.2, 0.25) is 0 Å². The van der Waals surface area contributed by atoms with Crippen LogP contribution in [0.1, 0.15) is 32.1 Å². The second-order valence-electron chi connectivity index (χ2n) is 4.22. The predicted molar refractivity (Wildman–Crippen MR) is 66.9 cm³/mol. The Balaban J connectivity index is 2.14. The van der Waals surface area contributed by atoms with Gasteiger partial charge in [-0.2, -0.15) is 0 Å². The molecule has 0 amide bonds. The van der Waals surface area contributed by atoms with Crippen LogP contribution < -0.4 is 5.32 Å². The van der Waals surface area contributed by atoms with Gasteiger partial charge in [0.15, 0.2) is 0 Å². The van der Waals surface area contributed by atoms with Crippen molar-refractivity contribution >= 4 is 28.9 Å². The molecule has 1 aliphatic carbocycles. The fourth-order valence-corrected chi connectivity index (χ4v) is 2.70. The van der Waals surface area contributed by atoms with E-state index in [2.05, 4.69) is 5.32 Å². The molecule has 1 aromatic carbocycles. The van der Waals surface area contributed by atoms with Gasteiger partial charge in [-0.1, -0.05) is 42.5 Å². The quantitative estimate of drug-likeness (QED) is 0.801. The first-order valence-electron chi connectivity index (χ1n) is 5.58. The molecule has 1 N–H and O–H groups in total. The van der Waals surface area contributed by atoms with Crippen molar-refractivity contribution in [2.75, 3.05) is 5.32 Å². The second kappa shape index (κ2) is 5.24. The lowest BCUT2D eigenvalue weighted by atomic mass is 9.95. The summed E-state index contributed by atoms with van der Waals surface area (Å²) in [4.78, 5) is 0. The number of halogens is 3. The summed E-state index contributed by atoms with van der Waals surface area (Å²) < 4.78 is 13.0. The average molecular weight is 262 g/mol. The van der Waals surface area contributed by atoms with Crippen molar-refractivity contribution in [3.8, 4) is 0 Å². The van der Waals surface area contributed by atoms with Gasteiger partial charge >= 0.3 is 0 Å². The van der Waals surface area contributed by atoms with Crippen molar-refractivity contribution in [3.05, 3.63) is 28.0 Å². The average Bonchev–Trinajstić information content (AvgIpc) is 2.25. The first kappa shape index (κ1) is 12.0. The largest absolute Gasteiger partial charge is 0.380 e. The lowest BCUT2D eigenvalue weighted by molar-refractivity contribution is 0.462. The topological polar surface area (TPSA) is 12.0 Å². The molecule has 0 aliphatic heterocycles. The van der Waals surface area contributed by atoms with Gasteiger partial charge in [-0.15, -0.1) is 0 Å². The van der Waals surface area contributed by atoms with Crippen LogP contribution in [0.5, 0.6) is 0 Å². The van der Waals surface area contributed by atoms with Crippen molar-refractivity contribution in [1.82, 2.24) is 0 Å². The minimum absolute atomic E-state index is 0.357. The molecule has 1 nitrogen and oxygen atoms in total. The molecular weight excluding hydrogens is 248 g/mol. The van der Waals surface area contributed by atoms with E-state index in [-0.39, 0.29) is 0 Å². The van der Waals surface area contributed by atoms with Crippen molar-refractivity contribution < 1.29 is 4.39 Å². The molecule has 1 fully saturated rings. The van der Waals surface area contributed by atoms with Gasteiger partial charge < -0.3 is 5.32 Å². The molecule has 2 rings (SSSR count). The Morgan fingerprint density at radius 3 is 2.19 bits per heavy atom. The van der Waals surface area contributed by atoms with Gasteiger partial charge in [-0.25, -0.2) is 4.39 Å². The molecule has 0 atom stereocenters. The monoisotopic (exact) mass is 261 g/mol. The van der Waals surface area contributed by atoms with Gasteiger partial charge in [-0.3, -0.25) is 0 Å². The standard InChI is InChI=1S/C12H14Cl2FN/c13-10-6-8(15)7-11(14)12(10)16-9-4-2-1-3-5-9/h6-7,9,16H,1-5H2. The summed E-state index contributed by atoms with van der Waals surface area (Å²) >= 11 is 11.9. The third kappa shape index (κ3) is 2.80. The number of nitrogens with one attached hydrogen (secondary N) is 1. The highest BCUT2D eigenvalue weighted by atomic mass is 35.5. The number of hydrogen-bond donors (Lipinski definition) is 1. The van der Waals surface area contributed by atoms with E-state index >= 15 is 0 Å². The van der Waals surface area contributed by atoms with E-state index in [4.69, 9.17) is 23.2 Å². The highest BCUT2D eigenvalue weighted by Gasteiger charge is 2.16. The van der Waals surface area contributed by atoms with Gasteiger partial charge in [0.05, 0.1) is 15.7 Å². The first-order chi connectivity index (χ1) is 7.66. The Hall–Kier alpha value is -0.470. The number of rotatable bonds is 2. The summed E-state index contributed by atoms with van der Waals surface area (Å²) in [6.07, 6.45) is 6.01. The van der Waals surface area contributed by atoms with Crippen molar-refractivity contribution in [2.45, 2.75) is 38.1 Å². The Morgan fingerprint density at radius 1 is 1.06 bits per heavy atom. The number of hydrogen-bond acceptors (Lipinski definition) is 1. The maximum atomic E-state index is 13.0.